The number of carbonyl (C=O) groups excluding carboxylic acids is 4. The van der Waals surface area contributed by atoms with Crippen molar-refractivity contribution in [1.29, 1.82) is 0 Å². The average Bonchev–Trinajstić information content (AvgIpc) is 3.23. The van der Waals surface area contributed by atoms with E-state index < -0.39 is 24.4 Å². The molecular weight excluding hydrogens is 444 g/mol. The van der Waals surface area contributed by atoms with E-state index in [4.69, 9.17) is 16.3 Å². The molecule has 168 valence electrons. The van der Waals surface area contributed by atoms with Crippen molar-refractivity contribution in [1.82, 2.24) is 4.57 Å². The van der Waals surface area contributed by atoms with Gasteiger partial charge in [-0.15, -0.1) is 0 Å². The number of nitrogens with zero attached hydrogens (tertiary/aromatic N) is 2. The van der Waals surface area contributed by atoms with E-state index in [-0.39, 0.29) is 33.2 Å². The second-order valence-corrected chi connectivity index (χ2v) is 8.09. The van der Waals surface area contributed by atoms with Gasteiger partial charge in [0.1, 0.15) is 0 Å². The van der Waals surface area contributed by atoms with Gasteiger partial charge in [-0.3, -0.25) is 14.4 Å². The molecule has 1 aliphatic rings. The number of esters is 1. The number of rotatable bonds is 6. The fourth-order valence-electron chi connectivity index (χ4n) is 4.08. The van der Waals surface area contributed by atoms with E-state index in [9.17, 15) is 19.2 Å². The Morgan fingerprint density at radius 1 is 0.970 bits per heavy atom. The van der Waals surface area contributed by atoms with Gasteiger partial charge in [0.15, 0.2) is 6.61 Å². The number of imide groups is 1. The van der Waals surface area contributed by atoms with Crippen molar-refractivity contribution >= 4 is 40.9 Å². The Kier molecular flexibility index (Phi) is 5.91. The molecule has 0 saturated heterocycles. The van der Waals surface area contributed by atoms with Crippen LogP contribution in [0.15, 0.2) is 48.5 Å². The molecule has 2 aromatic carbocycles. The maximum atomic E-state index is 12.9. The third-order valence-electron chi connectivity index (χ3n) is 5.74. The molecule has 33 heavy (non-hydrogen) atoms. The molecule has 0 atom stereocenters. The Hall–Kier alpha value is -3.71. The molecule has 0 bridgehead atoms. The number of anilines is 1. The lowest BCUT2D eigenvalue weighted by atomic mass is 10.1. The molecule has 0 saturated carbocycles. The van der Waals surface area contributed by atoms with Crippen molar-refractivity contribution in [3.8, 4) is 0 Å². The zero-order valence-electron chi connectivity index (χ0n) is 18.3. The molecule has 1 aromatic heterocycles. The summed E-state index contributed by atoms with van der Waals surface area (Å²) >= 11 is 6.16. The van der Waals surface area contributed by atoms with Gasteiger partial charge < -0.3 is 9.30 Å². The maximum Gasteiger partial charge on any atom is 0.338 e. The van der Waals surface area contributed by atoms with Gasteiger partial charge >= 0.3 is 5.97 Å². The molecule has 0 N–H and O–H groups in total. The van der Waals surface area contributed by atoms with Gasteiger partial charge in [-0.05, 0) is 57.2 Å². The highest BCUT2D eigenvalue weighted by molar-refractivity contribution is 6.39. The molecule has 1 aliphatic heterocycles. The normalized spacial score (nSPS) is 12.8. The quantitative estimate of drug-likeness (QED) is 0.302. The lowest BCUT2D eigenvalue weighted by Crippen LogP contribution is -2.29. The van der Waals surface area contributed by atoms with Crippen LogP contribution >= 0.6 is 11.6 Å². The number of benzene rings is 2. The zero-order chi connectivity index (χ0) is 23.9. The number of para-hydroxylation sites is 1. The minimum absolute atomic E-state index is 0.0720. The first-order chi connectivity index (χ1) is 15.7. The summed E-state index contributed by atoms with van der Waals surface area (Å²) in [5, 5.41) is 0.257. The van der Waals surface area contributed by atoms with Crippen molar-refractivity contribution in [2.24, 2.45) is 0 Å². The van der Waals surface area contributed by atoms with Gasteiger partial charge in [0.05, 0.1) is 27.4 Å². The van der Waals surface area contributed by atoms with Crippen LogP contribution < -0.4 is 4.90 Å². The molecule has 4 rings (SSSR count). The summed E-state index contributed by atoms with van der Waals surface area (Å²) in [5.74, 6) is -2.18. The predicted molar refractivity (Wildman–Crippen MR) is 123 cm³/mol. The minimum Gasteiger partial charge on any atom is -0.454 e. The van der Waals surface area contributed by atoms with E-state index in [0.717, 1.165) is 22.8 Å². The predicted octanol–water partition coefficient (Wildman–Crippen LogP) is 4.62. The van der Waals surface area contributed by atoms with Gasteiger partial charge in [-0.2, -0.15) is 0 Å². The van der Waals surface area contributed by atoms with E-state index in [1.807, 2.05) is 25.3 Å². The Morgan fingerprint density at radius 2 is 1.67 bits per heavy atom. The summed E-state index contributed by atoms with van der Waals surface area (Å²) in [7, 11) is 0. The summed E-state index contributed by atoms with van der Waals surface area (Å²) < 4.78 is 7.21. The molecule has 0 radical (unpaired) electrons. The van der Waals surface area contributed by atoms with Crippen molar-refractivity contribution in [2.45, 2.75) is 27.3 Å². The lowest BCUT2D eigenvalue weighted by Gasteiger charge is -2.15. The van der Waals surface area contributed by atoms with Gasteiger partial charge in [0.2, 0.25) is 5.78 Å². The van der Waals surface area contributed by atoms with Crippen LogP contribution in [-0.2, 0) is 11.3 Å². The van der Waals surface area contributed by atoms with E-state index in [2.05, 4.69) is 0 Å². The first-order valence-corrected chi connectivity index (χ1v) is 10.8. The Balaban J connectivity index is 1.52. The van der Waals surface area contributed by atoms with E-state index >= 15 is 0 Å². The Labute approximate surface area is 195 Å². The number of aromatic nitrogens is 1. The summed E-state index contributed by atoms with van der Waals surface area (Å²) in [6.45, 7) is 6.05. The number of hydrogen-bond donors (Lipinski definition) is 0. The van der Waals surface area contributed by atoms with Crippen LogP contribution in [0.1, 0.15) is 59.7 Å². The number of fused-ring (bicyclic) bond motifs is 1. The van der Waals surface area contributed by atoms with E-state index in [0.29, 0.717) is 5.56 Å². The van der Waals surface area contributed by atoms with Crippen LogP contribution in [0, 0.1) is 13.8 Å². The van der Waals surface area contributed by atoms with Crippen LogP contribution in [0.4, 0.5) is 5.69 Å². The van der Waals surface area contributed by atoms with Crippen molar-refractivity contribution < 1.29 is 23.9 Å². The number of ketones is 1. The number of amides is 2. The average molecular weight is 465 g/mol. The monoisotopic (exact) mass is 464 g/mol. The minimum atomic E-state index is -0.758. The van der Waals surface area contributed by atoms with Crippen LogP contribution in [-0.4, -0.2) is 34.7 Å². The molecule has 2 amide bonds. The fourth-order valence-corrected chi connectivity index (χ4v) is 4.30. The molecule has 3 aromatic rings. The van der Waals surface area contributed by atoms with E-state index in [1.165, 1.54) is 18.2 Å². The SMILES string of the molecule is CCn1c(C)cc(C(=O)COC(=O)c2ccc3c(c2)C(=O)N(c2ccccc2Cl)C3=O)c1C. The molecule has 2 heterocycles. The summed E-state index contributed by atoms with van der Waals surface area (Å²) in [6.07, 6.45) is 0. The molecule has 7 nitrogen and oxygen atoms in total. The first-order valence-electron chi connectivity index (χ1n) is 10.4. The summed E-state index contributed by atoms with van der Waals surface area (Å²) in [4.78, 5) is 51.9. The topological polar surface area (TPSA) is 85.7 Å². The zero-order valence-corrected chi connectivity index (χ0v) is 19.1. The van der Waals surface area contributed by atoms with Gasteiger partial charge in [0, 0.05) is 23.5 Å². The highest BCUT2D eigenvalue weighted by Crippen LogP contribution is 2.33. The maximum absolute atomic E-state index is 12.9. The number of Topliss-reactive ketones (excluding diaryl/α,β-unsaturated/α-hetero) is 1. The second-order valence-electron chi connectivity index (χ2n) is 7.69. The van der Waals surface area contributed by atoms with Crippen molar-refractivity contribution in [3.63, 3.8) is 0 Å². The molecule has 0 unspecified atom stereocenters. The number of aryl methyl sites for hydroxylation is 1. The fraction of sp³-hybridized carbons (Fsp3) is 0.200. The third-order valence-corrected chi connectivity index (χ3v) is 6.06. The highest BCUT2D eigenvalue weighted by Gasteiger charge is 2.38. The van der Waals surface area contributed by atoms with Crippen LogP contribution in [0.25, 0.3) is 0 Å². The number of hydrogen-bond acceptors (Lipinski definition) is 5. The van der Waals surface area contributed by atoms with Gasteiger partial charge in [-0.1, -0.05) is 23.7 Å². The van der Waals surface area contributed by atoms with Crippen LogP contribution in [0.5, 0.6) is 0 Å². The van der Waals surface area contributed by atoms with Gasteiger partial charge in [-0.25, -0.2) is 9.69 Å². The number of carbonyl (C=O) groups is 4. The largest absolute Gasteiger partial charge is 0.454 e. The summed E-state index contributed by atoms with van der Waals surface area (Å²) in [6, 6.07) is 12.4. The number of halogens is 1. The van der Waals surface area contributed by atoms with Crippen LogP contribution in [0.2, 0.25) is 5.02 Å². The van der Waals surface area contributed by atoms with E-state index in [1.54, 1.807) is 30.3 Å². The highest BCUT2D eigenvalue weighted by atomic mass is 35.5. The Morgan fingerprint density at radius 3 is 2.33 bits per heavy atom. The first kappa shape index (κ1) is 22.5. The van der Waals surface area contributed by atoms with Gasteiger partial charge in [0.25, 0.3) is 11.8 Å². The van der Waals surface area contributed by atoms with Crippen molar-refractivity contribution in [3.05, 3.63) is 87.2 Å². The number of ether oxygens (including phenoxy) is 1. The third kappa shape index (κ3) is 3.85. The van der Waals surface area contributed by atoms with Crippen LogP contribution in [0.3, 0.4) is 0 Å². The summed E-state index contributed by atoms with van der Waals surface area (Å²) in [5.41, 5.74) is 2.86. The molecule has 0 spiro atoms. The second kappa shape index (κ2) is 8.67. The molecule has 0 aliphatic carbocycles. The molecule has 8 heteroatoms. The standard InChI is InChI=1S/C25H21ClN2O5/c1-4-27-14(2)11-18(15(27)3)22(29)13-33-25(32)16-9-10-17-19(12-16)24(31)28(23(17)30)21-8-6-5-7-20(21)26/h5-12H,4,13H2,1-3H3. The lowest BCUT2D eigenvalue weighted by molar-refractivity contribution is 0.0474. The smallest absolute Gasteiger partial charge is 0.338 e. The van der Waals surface area contributed by atoms with Crippen molar-refractivity contribution in [2.75, 3.05) is 11.5 Å². The Bertz CT molecular complexity index is 1320. The molecule has 0 fully saturated rings. The molecular formula is C25H21ClN2O5.